The molecule has 0 spiro atoms. The summed E-state index contributed by atoms with van der Waals surface area (Å²) in [4.78, 5) is 18.3. The molecule has 0 aliphatic rings. The van der Waals surface area contributed by atoms with Gasteiger partial charge in [0.2, 0.25) is 0 Å². The Morgan fingerprint density at radius 2 is 2.09 bits per heavy atom. The lowest BCUT2D eigenvalue weighted by atomic mass is 10.1. The molecule has 0 unspecified atom stereocenters. The number of rotatable bonds is 5. The number of aliphatic imine (C=N–C) groups is 1. The molecule has 1 N–H and O–H groups in total. The van der Waals surface area contributed by atoms with E-state index < -0.39 is 0 Å². The van der Waals surface area contributed by atoms with Crippen LogP contribution in [0.2, 0.25) is 0 Å². The number of fused-ring (bicyclic) bond motifs is 1. The van der Waals surface area contributed by atoms with Crippen LogP contribution in [0.15, 0.2) is 47.8 Å². The van der Waals surface area contributed by atoms with E-state index in [0.717, 1.165) is 41.1 Å². The van der Waals surface area contributed by atoms with Crippen molar-refractivity contribution in [3.63, 3.8) is 0 Å². The fourth-order valence-corrected chi connectivity index (χ4v) is 2.31. The van der Waals surface area contributed by atoms with Crippen LogP contribution in [0.25, 0.3) is 22.3 Å². The van der Waals surface area contributed by atoms with E-state index in [0.29, 0.717) is 0 Å². The number of aromatic amines is 1. The summed E-state index contributed by atoms with van der Waals surface area (Å²) in [5.41, 5.74) is 3.90. The molecule has 0 amide bonds. The molecule has 0 bridgehead atoms. The van der Waals surface area contributed by atoms with Gasteiger partial charge in [0.1, 0.15) is 12.0 Å². The average molecular weight is 293 g/mol. The summed E-state index contributed by atoms with van der Waals surface area (Å²) in [6, 6.07) is 10.2. The van der Waals surface area contributed by atoms with E-state index in [1.54, 1.807) is 6.33 Å². The van der Waals surface area contributed by atoms with E-state index in [4.69, 9.17) is 0 Å². The first kappa shape index (κ1) is 14.3. The van der Waals surface area contributed by atoms with Crippen molar-refractivity contribution in [2.24, 2.45) is 4.99 Å². The van der Waals surface area contributed by atoms with Gasteiger partial charge < -0.3 is 9.88 Å². The molecular formula is C17H19N5. The molecule has 0 aliphatic carbocycles. The standard InChI is InChI=1S/C17H19N5/c1-3-22(4-2)12-20-15-7-5-6-13(8-15)16-9-14-10-18-11-19-17(14)21-16/h5-12H,3-4H2,1-2H3,(H,18,19,21). The molecule has 22 heavy (non-hydrogen) atoms. The molecule has 3 aromatic rings. The Bertz CT molecular complexity index is 753. The van der Waals surface area contributed by atoms with Gasteiger partial charge >= 0.3 is 0 Å². The largest absolute Gasteiger partial charge is 0.363 e. The van der Waals surface area contributed by atoms with E-state index in [9.17, 15) is 0 Å². The van der Waals surface area contributed by atoms with E-state index in [-0.39, 0.29) is 0 Å². The average Bonchev–Trinajstić information content (AvgIpc) is 3.00. The van der Waals surface area contributed by atoms with Crippen LogP contribution >= 0.6 is 0 Å². The van der Waals surface area contributed by atoms with Crippen molar-refractivity contribution in [3.05, 3.63) is 42.9 Å². The fraction of sp³-hybridized carbons (Fsp3) is 0.235. The maximum atomic E-state index is 4.55. The van der Waals surface area contributed by atoms with Gasteiger partial charge in [-0.3, -0.25) is 0 Å². The van der Waals surface area contributed by atoms with Gasteiger partial charge in [0, 0.05) is 35.9 Å². The molecule has 2 aromatic heterocycles. The van der Waals surface area contributed by atoms with Crippen LogP contribution in [-0.4, -0.2) is 39.3 Å². The molecule has 0 radical (unpaired) electrons. The van der Waals surface area contributed by atoms with Crippen LogP contribution in [-0.2, 0) is 0 Å². The minimum absolute atomic E-state index is 0.849. The van der Waals surface area contributed by atoms with Crippen molar-refractivity contribution < 1.29 is 0 Å². The SMILES string of the molecule is CCN(C=Nc1cccc(-c2cc3cncnc3[nH]2)c1)CC. The molecule has 0 saturated heterocycles. The zero-order chi connectivity index (χ0) is 15.4. The van der Waals surface area contributed by atoms with Crippen molar-refractivity contribution in [1.29, 1.82) is 0 Å². The first-order valence-electron chi connectivity index (χ1n) is 7.47. The van der Waals surface area contributed by atoms with Gasteiger partial charge in [0.05, 0.1) is 12.0 Å². The van der Waals surface area contributed by atoms with Gasteiger partial charge in [0.25, 0.3) is 0 Å². The highest BCUT2D eigenvalue weighted by molar-refractivity contribution is 5.82. The normalized spacial score (nSPS) is 11.4. The van der Waals surface area contributed by atoms with Crippen LogP contribution in [0.1, 0.15) is 13.8 Å². The number of benzene rings is 1. The molecule has 5 heteroatoms. The van der Waals surface area contributed by atoms with Crippen LogP contribution < -0.4 is 0 Å². The molecule has 0 saturated carbocycles. The number of hydrogen-bond donors (Lipinski definition) is 1. The van der Waals surface area contributed by atoms with E-state index in [2.05, 4.69) is 56.9 Å². The maximum Gasteiger partial charge on any atom is 0.141 e. The first-order valence-corrected chi connectivity index (χ1v) is 7.47. The Morgan fingerprint density at radius 1 is 1.23 bits per heavy atom. The predicted molar refractivity (Wildman–Crippen MR) is 90.4 cm³/mol. The summed E-state index contributed by atoms with van der Waals surface area (Å²) >= 11 is 0. The molecule has 0 aliphatic heterocycles. The quantitative estimate of drug-likeness (QED) is 0.577. The third-order valence-electron chi connectivity index (χ3n) is 3.63. The number of H-pyrrole nitrogens is 1. The minimum Gasteiger partial charge on any atom is -0.363 e. The van der Waals surface area contributed by atoms with Crippen LogP contribution in [0.4, 0.5) is 5.69 Å². The molecule has 112 valence electrons. The van der Waals surface area contributed by atoms with Gasteiger partial charge in [-0.1, -0.05) is 12.1 Å². The second kappa shape index (κ2) is 6.39. The lowest BCUT2D eigenvalue weighted by Gasteiger charge is -2.13. The van der Waals surface area contributed by atoms with E-state index in [1.807, 2.05) is 24.7 Å². The summed E-state index contributed by atoms with van der Waals surface area (Å²) < 4.78 is 0. The highest BCUT2D eigenvalue weighted by Gasteiger charge is 2.04. The van der Waals surface area contributed by atoms with Crippen LogP contribution in [0.3, 0.4) is 0 Å². The zero-order valence-electron chi connectivity index (χ0n) is 12.8. The second-order valence-corrected chi connectivity index (χ2v) is 5.03. The highest BCUT2D eigenvalue weighted by atomic mass is 15.1. The lowest BCUT2D eigenvalue weighted by molar-refractivity contribution is 0.480. The molecular weight excluding hydrogens is 274 g/mol. The smallest absolute Gasteiger partial charge is 0.141 e. The van der Waals surface area contributed by atoms with Crippen molar-refractivity contribution in [2.75, 3.05) is 13.1 Å². The van der Waals surface area contributed by atoms with Gasteiger partial charge in [-0.2, -0.15) is 0 Å². The fourth-order valence-electron chi connectivity index (χ4n) is 2.31. The van der Waals surface area contributed by atoms with Crippen LogP contribution in [0.5, 0.6) is 0 Å². The molecule has 0 atom stereocenters. The van der Waals surface area contributed by atoms with Crippen molar-refractivity contribution in [3.8, 4) is 11.3 Å². The maximum absolute atomic E-state index is 4.55. The Labute approximate surface area is 129 Å². The summed E-state index contributed by atoms with van der Waals surface area (Å²) in [6.45, 7) is 6.16. The monoisotopic (exact) mass is 293 g/mol. The number of nitrogens with one attached hydrogen (secondary N) is 1. The van der Waals surface area contributed by atoms with Crippen molar-refractivity contribution >= 4 is 23.1 Å². The Hall–Kier alpha value is -2.69. The topological polar surface area (TPSA) is 57.2 Å². The van der Waals surface area contributed by atoms with Gasteiger partial charge in [-0.05, 0) is 32.0 Å². The molecule has 1 aromatic carbocycles. The van der Waals surface area contributed by atoms with Crippen molar-refractivity contribution in [2.45, 2.75) is 13.8 Å². The predicted octanol–water partition coefficient (Wildman–Crippen LogP) is 3.63. The van der Waals surface area contributed by atoms with Gasteiger partial charge in [0.15, 0.2) is 0 Å². The summed E-state index contributed by atoms with van der Waals surface area (Å²) in [5.74, 6) is 0. The minimum atomic E-state index is 0.849. The molecule has 0 fully saturated rings. The number of hydrogen-bond acceptors (Lipinski definition) is 3. The van der Waals surface area contributed by atoms with Crippen LogP contribution in [0, 0.1) is 0 Å². The molecule has 3 rings (SSSR count). The summed E-state index contributed by atoms with van der Waals surface area (Å²) in [7, 11) is 0. The Kier molecular flexibility index (Phi) is 4.14. The third kappa shape index (κ3) is 2.98. The number of aromatic nitrogens is 3. The third-order valence-corrected chi connectivity index (χ3v) is 3.63. The highest BCUT2D eigenvalue weighted by Crippen LogP contribution is 2.25. The number of nitrogens with zero attached hydrogens (tertiary/aromatic N) is 4. The van der Waals surface area contributed by atoms with Gasteiger partial charge in [-0.25, -0.2) is 15.0 Å². The zero-order valence-corrected chi connectivity index (χ0v) is 12.8. The molecule has 5 nitrogen and oxygen atoms in total. The second-order valence-electron chi connectivity index (χ2n) is 5.03. The Morgan fingerprint density at radius 3 is 2.86 bits per heavy atom. The summed E-state index contributed by atoms with van der Waals surface area (Å²) in [6.07, 6.45) is 5.26. The lowest BCUT2D eigenvalue weighted by Crippen LogP contribution is -2.20. The van der Waals surface area contributed by atoms with Crippen molar-refractivity contribution in [1.82, 2.24) is 19.9 Å². The first-order chi connectivity index (χ1) is 10.8. The van der Waals surface area contributed by atoms with Gasteiger partial charge in [-0.15, -0.1) is 0 Å². The Balaban J connectivity index is 1.90. The van der Waals surface area contributed by atoms with E-state index in [1.165, 1.54) is 0 Å². The molecule has 2 heterocycles. The summed E-state index contributed by atoms with van der Waals surface area (Å²) in [5, 5.41) is 1.01. The van der Waals surface area contributed by atoms with E-state index >= 15 is 0 Å².